The summed E-state index contributed by atoms with van der Waals surface area (Å²) in [4.78, 5) is 0. The van der Waals surface area contributed by atoms with Gasteiger partial charge in [0, 0.05) is 17.2 Å². The fraction of sp³-hybridized carbons (Fsp3) is 0. The summed E-state index contributed by atoms with van der Waals surface area (Å²) in [5.74, 6) is 1.26. The second-order valence-electron chi connectivity index (χ2n) is 4.56. The molecule has 25 heavy (non-hydrogen) atoms. The number of benzene rings is 2. The van der Waals surface area contributed by atoms with Crippen molar-refractivity contribution in [2.75, 3.05) is 0 Å². The lowest BCUT2D eigenvalue weighted by atomic mass is 10.3. The van der Waals surface area contributed by atoms with Crippen LogP contribution in [0.25, 0.3) is 5.69 Å². The first-order valence-corrected chi connectivity index (χ1v) is 8.42. The largest absolute Gasteiger partial charge is 0.454 e. The van der Waals surface area contributed by atoms with Crippen molar-refractivity contribution in [3.05, 3.63) is 78.1 Å². The normalized spacial score (nSPS) is 10.6. The van der Waals surface area contributed by atoms with Crippen LogP contribution in [-0.4, -0.2) is 5.10 Å². The Balaban J connectivity index is 0.000000399. The molecule has 0 saturated heterocycles. The summed E-state index contributed by atoms with van der Waals surface area (Å²) in [6, 6.07) is 19.3. The molecular weight excluding hydrogens is 371 g/mol. The van der Waals surface area contributed by atoms with Crippen molar-refractivity contribution in [3.63, 3.8) is 0 Å². The molecule has 3 aromatic rings. The molecule has 0 fully saturated rings. The van der Waals surface area contributed by atoms with Crippen molar-refractivity contribution >= 4 is 11.6 Å². The minimum atomic E-state index is -4.94. The van der Waals surface area contributed by atoms with Gasteiger partial charge in [0.25, 0.3) is 0 Å². The molecule has 0 aliphatic rings. The van der Waals surface area contributed by atoms with E-state index in [1.165, 1.54) is 0 Å². The van der Waals surface area contributed by atoms with Crippen LogP contribution in [0.1, 0.15) is 0 Å². The van der Waals surface area contributed by atoms with Crippen LogP contribution < -0.4 is 28.1 Å². The van der Waals surface area contributed by atoms with Gasteiger partial charge < -0.3 is 4.74 Å². The van der Waals surface area contributed by atoms with Crippen LogP contribution in [0.2, 0.25) is 5.02 Å². The lowest BCUT2D eigenvalue weighted by Gasteiger charge is -2.17. The van der Waals surface area contributed by atoms with Crippen LogP contribution in [0.4, 0.5) is 0 Å². The van der Waals surface area contributed by atoms with E-state index in [2.05, 4.69) is 5.10 Å². The number of halogens is 2. The highest BCUT2D eigenvalue weighted by molar-refractivity contribution is 6.31. The number of nitrogens with zero attached hydrogens (tertiary/aromatic N) is 2. The Labute approximate surface area is 150 Å². The molecule has 0 N–H and O–H groups in total. The standard InChI is InChI=1S/C16H12ClN2O.ClHO4/c17-15-12-19(13-7-3-1-4-8-13)18-11-16(15)20-14-9-5-2-6-10-14;2-1(3,4)5/h1-12H;(H,2,3,4,5)/q+1;/p-1. The van der Waals surface area contributed by atoms with Crippen molar-refractivity contribution < 1.29 is 38.3 Å². The van der Waals surface area contributed by atoms with Crippen molar-refractivity contribution in [1.29, 1.82) is 0 Å². The Morgan fingerprint density at radius 2 is 1.40 bits per heavy atom. The molecule has 0 bridgehead atoms. The maximum Gasteiger partial charge on any atom is 0.238 e. The summed E-state index contributed by atoms with van der Waals surface area (Å²) < 4.78 is 41.4. The van der Waals surface area contributed by atoms with Crippen LogP contribution in [0.5, 0.6) is 11.5 Å². The molecule has 0 spiro atoms. The summed E-state index contributed by atoms with van der Waals surface area (Å²) in [5.41, 5.74) is 0.945. The van der Waals surface area contributed by atoms with Crippen LogP contribution in [0, 0.1) is 10.2 Å². The van der Waals surface area contributed by atoms with E-state index < -0.39 is 10.2 Å². The first kappa shape index (κ1) is 19.1. The summed E-state index contributed by atoms with van der Waals surface area (Å²) in [6.45, 7) is 0. The minimum absolute atomic E-state index is 0.507. The van der Waals surface area contributed by atoms with Gasteiger partial charge in [-0.05, 0) is 12.1 Å². The van der Waals surface area contributed by atoms with E-state index in [9.17, 15) is 0 Å². The highest BCUT2D eigenvalue weighted by Crippen LogP contribution is 2.26. The molecular formula is C16H12Cl2N2O5. The summed E-state index contributed by atoms with van der Waals surface area (Å²) in [6.07, 6.45) is 3.34. The van der Waals surface area contributed by atoms with Gasteiger partial charge in [-0.15, -0.1) is 10.2 Å². The molecule has 0 saturated carbocycles. The number of ether oxygens (including phenoxy) is 1. The van der Waals surface area contributed by atoms with E-state index in [-0.39, 0.29) is 0 Å². The van der Waals surface area contributed by atoms with E-state index in [0.29, 0.717) is 10.8 Å². The molecule has 0 atom stereocenters. The Morgan fingerprint density at radius 3 is 1.92 bits per heavy atom. The molecule has 130 valence electrons. The van der Waals surface area contributed by atoms with Gasteiger partial charge in [-0.1, -0.05) is 52.7 Å². The van der Waals surface area contributed by atoms with Gasteiger partial charge >= 0.3 is 0 Å². The van der Waals surface area contributed by atoms with Crippen LogP contribution in [-0.2, 0) is 0 Å². The second-order valence-corrected chi connectivity index (χ2v) is 5.72. The Bertz CT molecular complexity index is 793. The van der Waals surface area contributed by atoms with E-state index in [4.69, 9.17) is 35.0 Å². The number of para-hydroxylation sites is 2. The third kappa shape index (κ3) is 7.02. The van der Waals surface area contributed by atoms with Crippen LogP contribution in [0.3, 0.4) is 0 Å². The summed E-state index contributed by atoms with van der Waals surface area (Å²) in [7, 11) is -4.94. The average molecular weight is 383 g/mol. The average Bonchev–Trinajstić information content (AvgIpc) is 2.57. The second kappa shape index (κ2) is 8.72. The third-order valence-corrected chi connectivity index (χ3v) is 3.05. The first-order chi connectivity index (χ1) is 11.8. The zero-order chi connectivity index (χ0) is 18.3. The molecule has 2 aromatic carbocycles. The number of aromatic nitrogens is 2. The molecule has 0 unspecified atom stereocenters. The number of hydrogen-bond acceptors (Lipinski definition) is 6. The zero-order valence-corrected chi connectivity index (χ0v) is 14.1. The Morgan fingerprint density at radius 1 is 0.880 bits per heavy atom. The van der Waals surface area contributed by atoms with Gasteiger partial charge in [0.2, 0.25) is 11.9 Å². The van der Waals surface area contributed by atoms with Gasteiger partial charge in [-0.25, -0.2) is 18.6 Å². The minimum Gasteiger partial charge on any atom is -0.454 e. The molecule has 1 aromatic heterocycles. The van der Waals surface area contributed by atoms with Crippen molar-refractivity contribution in [2.24, 2.45) is 0 Å². The summed E-state index contributed by atoms with van der Waals surface area (Å²) >= 11 is 6.24. The van der Waals surface area contributed by atoms with Gasteiger partial charge in [0.05, 0.1) is 0 Å². The molecule has 1 heterocycles. The molecule has 3 rings (SSSR count). The summed E-state index contributed by atoms with van der Waals surface area (Å²) in [5, 5.41) is 4.82. The predicted octanol–water partition coefficient (Wildman–Crippen LogP) is -0.952. The van der Waals surface area contributed by atoms with Crippen LogP contribution >= 0.6 is 11.6 Å². The third-order valence-electron chi connectivity index (χ3n) is 2.76. The molecule has 0 aliphatic carbocycles. The number of hydrogen-bond donors (Lipinski definition) is 0. The predicted molar refractivity (Wildman–Crippen MR) is 77.3 cm³/mol. The van der Waals surface area contributed by atoms with E-state index >= 15 is 0 Å². The van der Waals surface area contributed by atoms with E-state index in [0.717, 1.165) is 11.4 Å². The molecule has 0 aliphatic heterocycles. The highest BCUT2D eigenvalue weighted by Gasteiger charge is 2.13. The quantitative estimate of drug-likeness (QED) is 0.538. The first-order valence-electron chi connectivity index (χ1n) is 6.80. The fourth-order valence-corrected chi connectivity index (χ4v) is 1.97. The van der Waals surface area contributed by atoms with Crippen molar-refractivity contribution in [2.45, 2.75) is 0 Å². The lowest BCUT2D eigenvalue weighted by molar-refractivity contribution is -2.00. The Hall–Kier alpha value is -2.26. The zero-order valence-electron chi connectivity index (χ0n) is 12.6. The van der Waals surface area contributed by atoms with E-state index in [1.54, 1.807) is 17.1 Å². The molecule has 9 heteroatoms. The van der Waals surface area contributed by atoms with Crippen molar-refractivity contribution in [1.82, 2.24) is 5.10 Å². The molecule has 0 radical (unpaired) electrons. The van der Waals surface area contributed by atoms with E-state index in [1.807, 2.05) is 60.7 Å². The van der Waals surface area contributed by atoms with Gasteiger partial charge in [-0.2, -0.15) is 0 Å². The maximum absolute atomic E-state index is 8.49. The highest BCUT2D eigenvalue weighted by atomic mass is 35.7. The SMILES string of the molecule is Clc1c[n+](-c2ccccc2)ncc1Oc1ccccc1.[O-][Cl+3]([O-])([O-])[O-]. The van der Waals surface area contributed by atoms with Gasteiger partial charge in [0.1, 0.15) is 11.9 Å². The lowest BCUT2D eigenvalue weighted by Crippen LogP contribution is -2.68. The number of rotatable bonds is 3. The van der Waals surface area contributed by atoms with Gasteiger partial charge in [0.15, 0.2) is 10.8 Å². The van der Waals surface area contributed by atoms with Crippen LogP contribution in [0.15, 0.2) is 73.1 Å². The van der Waals surface area contributed by atoms with Crippen molar-refractivity contribution in [3.8, 4) is 17.2 Å². The van der Waals surface area contributed by atoms with Gasteiger partial charge in [-0.3, -0.25) is 0 Å². The smallest absolute Gasteiger partial charge is 0.238 e. The molecule has 0 amide bonds. The fourth-order valence-electron chi connectivity index (χ4n) is 1.79. The Kier molecular flexibility index (Phi) is 6.65. The molecule has 7 nitrogen and oxygen atoms in total. The topological polar surface area (TPSA) is 118 Å². The monoisotopic (exact) mass is 382 g/mol. The maximum atomic E-state index is 8.49.